The smallest absolute Gasteiger partial charge is 0.441 e. The summed E-state index contributed by atoms with van der Waals surface area (Å²) in [5, 5.41) is 14.5. The summed E-state index contributed by atoms with van der Waals surface area (Å²) < 4.78 is 16.9. The molecular formula is C22H27N3O5. The van der Waals surface area contributed by atoms with Crippen molar-refractivity contribution in [3.05, 3.63) is 64.1 Å². The van der Waals surface area contributed by atoms with E-state index < -0.39 is 11.9 Å². The summed E-state index contributed by atoms with van der Waals surface area (Å²) in [5.74, 6) is 1.15. The van der Waals surface area contributed by atoms with Crippen molar-refractivity contribution < 1.29 is 19.1 Å². The molecule has 0 saturated carbocycles. The van der Waals surface area contributed by atoms with Crippen LogP contribution in [0.3, 0.4) is 0 Å². The van der Waals surface area contributed by atoms with Crippen LogP contribution in [0.4, 0.5) is 0 Å². The van der Waals surface area contributed by atoms with Crippen LogP contribution in [0.5, 0.6) is 11.5 Å². The summed E-state index contributed by atoms with van der Waals surface area (Å²) in [6.07, 6.45) is -0.782. The summed E-state index contributed by atoms with van der Waals surface area (Å²) in [6.45, 7) is 3.05. The molecule has 0 fully saturated rings. The maximum absolute atomic E-state index is 12.1. The molecule has 8 heteroatoms. The predicted octanol–water partition coefficient (Wildman–Crippen LogP) is 2.32. The minimum absolute atomic E-state index is 0.0851. The Morgan fingerprint density at radius 3 is 2.50 bits per heavy atom. The number of aryl methyl sites for hydroxylation is 1. The first-order valence-electron chi connectivity index (χ1n) is 9.63. The third-order valence-corrected chi connectivity index (χ3v) is 4.92. The van der Waals surface area contributed by atoms with Crippen molar-refractivity contribution in [2.24, 2.45) is 0 Å². The van der Waals surface area contributed by atoms with Crippen molar-refractivity contribution in [3.8, 4) is 22.9 Å². The van der Waals surface area contributed by atoms with Crippen molar-refractivity contribution in [2.45, 2.75) is 26.1 Å². The number of aliphatic hydroxyl groups is 1. The molecule has 1 N–H and O–H groups in total. The van der Waals surface area contributed by atoms with E-state index in [2.05, 4.69) is 5.16 Å². The van der Waals surface area contributed by atoms with E-state index in [9.17, 15) is 9.90 Å². The van der Waals surface area contributed by atoms with Crippen LogP contribution < -0.4 is 15.2 Å². The first-order valence-corrected chi connectivity index (χ1v) is 9.63. The van der Waals surface area contributed by atoms with Gasteiger partial charge < -0.3 is 14.6 Å². The molecule has 0 spiro atoms. The van der Waals surface area contributed by atoms with Gasteiger partial charge in [0, 0.05) is 18.7 Å². The molecule has 0 saturated heterocycles. The zero-order chi connectivity index (χ0) is 21.7. The number of nitrogens with zero attached hydrogens (tertiary/aromatic N) is 3. The van der Waals surface area contributed by atoms with Gasteiger partial charge in [0.2, 0.25) is 0 Å². The molecule has 0 aliphatic rings. The Kier molecular flexibility index (Phi) is 6.91. The Hall–Kier alpha value is -3.10. The van der Waals surface area contributed by atoms with Crippen LogP contribution in [0.1, 0.15) is 11.1 Å². The van der Waals surface area contributed by atoms with Gasteiger partial charge in [-0.2, -0.15) is 0 Å². The molecule has 1 aromatic heterocycles. The van der Waals surface area contributed by atoms with Gasteiger partial charge in [0.25, 0.3) is 0 Å². The van der Waals surface area contributed by atoms with Gasteiger partial charge in [0.05, 0.1) is 26.9 Å². The van der Waals surface area contributed by atoms with Crippen LogP contribution in [-0.2, 0) is 13.1 Å². The lowest BCUT2D eigenvalue weighted by Crippen LogP contribution is -2.34. The summed E-state index contributed by atoms with van der Waals surface area (Å²) >= 11 is 0. The molecule has 1 unspecified atom stereocenters. The highest BCUT2D eigenvalue weighted by molar-refractivity contribution is 5.54. The SMILES string of the molecule is COc1cc(C)c(CN(C)CC(O)Cn2c(-c3ccccc3)noc2=O)cc1OC. The minimum Gasteiger partial charge on any atom is -0.493 e. The monoisotopic (exact) mass is 413 g/mol. The molecule has 0 aliphatic heterocycles. The molecule has 2 aromatic carbocycles. The Labute approximate surface area is 175 Å². The van der Waals surface area contributed by atoms with Crippen LogP contribution in [0.2, 0.25) is 0 Å². The van der Waals surface area contributed by atoms with E-state index in [1.54, 1.807) is 14.2 Å². The van der Waals surface area contributed by atoms with Gasteiger partial charge in [-0.1, -0.05) is 35.5 Å². The largest absolute Gasteiger partial charge is 0.493 e. The number of benzene rings is 2. The fourth-order valence-corrected chi connectivity index (χ4v) is 3.40. The van der Waals surface area contributed by atoms with Crippen molar-refractivity contribution in [1.82, 2.24) is 14.6 Å². The van der Waals surface area contributed by atoms with Crippen molar-refractivity contribution in [3.63, 3.8) is 0 Å². The molecule has 3 rings (SSSR count). The molecule has 0 radical (unpaired) electrons. The van der Waals surface area contributed by atoms with Gasteiger partial charge in [0.1, 0.15) is 0 Å². The molecule has 160 valence electrons. The molecule has 3 aromatic rings. The number of likely N-dealkylation sites (N-methyl/N-ethyl adjacent to an activating group) is 1. The quantitative estimate of drug-likeness (QED) is 0.576. The highest BCUT2D eigenvalue weighted by Crippen LogP contribution is 2.30. The second-order valence-electron chi connectivity index (χ2n) is 7.23. The van der Waals surface area contributed by atoms with Crippen LogP contribution >= 0.6 is 0 Å². The molecular weight excluding hydrogens is 386 g/mol. The lowest BCUT2D eigenvalue weighted by atomic mass is 10.1. The van der Waals surface area contributed by atoms with Crippen molar-refractivity contribution in [2.75, 3.05) is 27.8 Å². The van der Waals surface area contributed by atoms with E-state index in [0.717, 1.165) is 16.7 Å². The van der Waals surface area contributed by atoms with E-state index in [1.165, 1.54) is 4.57 Å². The van der Waals surface area contributed by atoms with Crippen LogP contribution in [0.15, 0.2) is 51.8 Å². The number of hydrogen-bond donors (Lipinski definition) is 1. The van der Waals surface area contributed by atoms with Crippen LogP contribution in [-0.4, -0.2) is 53.6 Å². The van der Waals surface area contributed by atoms with Gasteiger partial charge >= 0.3 is 5.76 Å². The predicted molar refractivity (Wildman–Crippen MR) is 113 cm³/mol. The van der Waals surface area contributed by atoms with Gasteiger partial charge in [-0.25, -0.2) is 4.79 Å². The van der Waals surface area contributed by atoms with Gasteiger partial charge in [0.15, 0.2) is 17.3 Å². The van der Waals surface area contributed by atoms with E-state index in [0.29, 0.717) is 30.4 Å². The molecule has 30 heavy (non-hydrogen) atoms. The number of rotatable bonds is 9. The molecule has 1 atom stereocenters. The molecule has 1 heterocycles. The third-order valence-electron chi connectivity index (χ3n) is 4.92. The summed E-state index contributed by atoms with van der Waals surface area (Å²) in [4.78, 5) is 14.1. The normalized spacial score (nSPS) is 12.2. The third kappa shape index (κ3) is 4.90. The fraction of sp³-hybridized carbons (Fsp3) is 0.364. The maximum Gasteiger partial charge on any atom is 0.441 e. The second kappa shape index (κ2) is 9.60. The summed E-state index contributed by atoms with van der Waals surface area (Å²) in [7, 11) is 5.12. The summed E-state index contributed by atoms with van der Waals surface area (Å²) in [5.41, 5.74) is 2.88. The fourth-order valence-electron chi connectivity index (χ4n) is 3.40. The van der Waals surface area contributed by atoms with Gasteiger partial charge in [-0.05, 0) is 37.2 Å². The Morgan fingerprint density at radius 1 is 1.17 bits per heavy atom. The van der Waals surface area contributed by atoms with Crippen LogP contribution in [0, 0.1) is 6.92 Å². The number of ether oxygens (including phenoxy) is 2. The molecule has 8 nitrogen and oxygen atoms in total. The standard InChI is InChI=1S/C22H27N3O5/c1-15-10-19(28-3)20(29-4)11-17(15)12-24(2)13-18(26)14-25-21(23-30-22(25)27)16-8-6-5-7-9-16/h5-11,18,26H,12-14H2,1-4H3. The number of aromatic nitrogens is 2. The summed E-state index contributed by atoms with van der Waals surface area (Å²) in [6, 6.07) is 13.1. The van der Waals surface area contributed by atoms with Crippen LogP contribution in [0.25, 0.3) is 11.4 Å². The first-order chi connectivity index (χ1) is 14.4. The Bertz CT molecular complexity index is 1030. The molecule has 0 amide bonds. The average molecular weight is 413 g/mol. The van der Waals surface area contributed by atoms with E-state index >= 15 is 0 Å². The lowest BCUT2D eigenvalue weighted by molar-refractivity contribution is 0.105. The zero-order valence-corrected chi connectivity index (χ0v) is 17.7. The Morgan fingerprint density at radius 2 is 1.83 bits per heavy atom. The highest BCUT2D eigenvalue weighted by atomic mass is 16.5. The van der Waals surface area contributed by atoms with Gasteiger partial charge in [-0.3, -0.25) is 14.0 Å². The first kappa shape index (κ1) is 21.6. The topological polar surface area (TPSA) is 90.0 Å². The maximum atomic E-state index is 12.1. The minimum atomic E-state index is -0.782. The number of methoxy groups -OCH3 is 2. The Balaban J connectivity index is 1.69. The highest BCUT2D eigenvalue weighted by Gasteiger charge is 2.18. The second-order valence-corrected chi connectivity index (χ2v) is 7.23. The number of aliphatic hydroxyl groups excluding tert-OH is 1. The van der Waals surface area contributed by atoms with Crippen molar-refractivity contribution in [1.29, 1.82) is 0 Å². The average Bonchev–Trinajstić information content (AvgIpc) is 3.09. The van der Waals surface area contributed by atoms with E-state index in [4.69, 9.17) is 14.0 Å². The molecule has 0 bridgehead atoms. The van der Waals surface area contributed by atoms with E-state index in [-0.39, 0.29) is 6.54 Å². The van der Waals surface area contributed by atoms with Crippen molar-refractivity contribution >= 4 is 0 Å². The zero-order valence-electron chi connectivity index (χ0n) is 17.7. The van der Waals surface area contributed by atoms with E-state index in [1.807, 2.05) is 61.3 Å². The lowest BCUT2D eigenvalue weighted by Gasteiger charge is -2.22. The molecule has 0 aliphatic carbocycles. The number of hydrogen-bond acceptors (Lipinski definition) is 7. The van der Waals surface area contributed by atoms with Gasteiger partial charge in [-0.15, -0.1) is 0 Å².